The molecular weight excluding hydrogens is 522 g/mol. The third-order valence-electron chi connectivity index (χ3n) is 6.05. The summed E-state index contributed by atoms with van der Waals surface area (Å²) in [5.74, 6) is 0. The van der Waals surface area contributed by atoms with Gasteiger partial charge in [-0.1, -0.05) is 23.7 Å². The Labute approximate surface area is 220 Å². The second kappa shape index (κ2) is 11.5. The molecule has 202 valence electrons. The fraction of sp³-hybridized carbons (Fsp3) is 0.542. The molecule has 0 radical (unpaired) electrons. The monoisotopic (exact) mass is 553 g/mol. The third-order valence-corrected chi connectivity index (χ3v) is 7.88. The lowest BCUT2D eigenvalue weighted by Crippen LogP contribution is -2.40. The van der Waals surface area contributed by atoms with Gasteiger partial charge in [-0.15, -0.1) is 0 Å². The Kier molecular flexibility index (Phi) is 8.54. The molecule has 0 spiro atoms. The zero-order chi connectivity index (χ0) is 26.7. The van der Waals surface area contributed by atoms with E-state index < -0.39 is 27.3 Å². The zero-order valence-electron chi connectivity index (χ0n) is 21.1. The fourth-order valence-corrected chi connectivity index (χ4v) is 5.82. The minimum Gasteiger partial charge on any atom is -0.353 e. The molecule has 0 saturated carbocycles. The van der Waals surface area contributed by atoms with Gasteiger partial charge >= 0.3 is 5.69 Å². The van der Waals surface area contributed by atoms with E-state index in [1.165, 1.54) is 16.2 Å². The van der Waals surface area contributed by atoms with Crippen LogP contribution in [-0.2, 0) is 39.6 Å². The number of aromatic nitrogens is 4. The Morgan fingerprint density at radius 2 is 1.92 bits per heavy atom. The van der Waals surface area contributed by atoms with Crippen LogP contribution in [0.1, 0.15) is 45.1 Å². The molecule has 0 aliphatic carbocycles. The molecule has 3 heterocycles. The highest BCUT2D eigenvalue weighted by Gasteiger charge is 2.28. The lowest BCUT2D eigenvalue weighted by Gasteiger charge is -2.22. The normalized spacial score (nSPS) is 16.6. The quantitative estimate of drug-likeness (QED) is 0.381. The first kappa shape index (κ1) is 27.5. The molecule has 1 fully saturated rings. The number of benzene rings is 1. The van der Waals surface area contributed by atoms with Gasteiger partial charge in [0, 0.05) is 31.3 Å². The van der Waals surface area contributed by atoms with E-state index in [0.717, 1.165) is 23.8 Å². The highest BCUT2D eigenvalue weighted by atomic mass is 35.5. The van der Waals surface area contributed by atoms with Crippen molar-refractivity contribution < 1.29 is 17.9 Å². The molecule has 0 amide bonds. The van der Waals surface area contributed by atoms with Gasteiger partial charge in [-0.2, -0.15) is 4.98 Å². The summed E-state index contributed by atoms with van der Waals surface area (Å²) >= 11 is 6.01. The van der Waals surface area contributed by atoms with Crippen molar-refractivity contribution in [1.82, 2.24) is 23.4 Å². The molecule has 37 heavy (non-hydrogen) atoms. The van der Waals surface area contributed by atoms with Gasteiger partial charge in [-0.25, -0.2) is 17.9 Å². The predicted molar refractivity (Wildman–Crippen MR) is 139 cm³/mol. The molecule has 4 rings (SSSR count). The number of fused-ring (bicyclic) bond motifs is 1. The second-order valence-corrected chi connectivity index (χ2v) is 11.4. The Balaban J connectivity index is 1.75. The van der Waals surface area contributed by atoms with E-state index in [0.29, 0.717) is 30.2 Å². The summed E-state index contributed by atoms with van der Waals surface area (Å²) in [5, 5.41) is 0.188. The molecule has 1 aliphatic rings. The largest absolute Gasteiger partial charge is 0.353 e. The van der Waals surface area contributed by atoms with E-state index in [4.69, 9.17) is 21.1 Å². The Bertz CT molecular complexity index is 1470. The van der Waals surface area contributed by atoms with Crippen LogP contribution in [-0.4, -0.2) is 52.6 Å². The summed E-state index contributed by atoms with van der Waals surface area (Å²) in [6.07, 6.45) is 3.01. The first-order valence-electron chi connectivity index (χ1n) is 12.3. The summed E-state index contributed by atoms with van der Waals surface area (Å²) in [6.45, 7) is 4.50. The van der Waals surface area contributed by atoms with Gasteiger partial charge in [0.25, 0.3) is 15.6 Å². The lowest BCUT2D eigenvalue weighted by molar-refractivity contribution is -0.163. The molecule has 1 saturated heterocycles. The first-order valence-corrected chi connectivity index (χ1v) is 14.1. The van der Waals surface area contributed by atoms with Crippen molar-refractivity contribution in [2.45, 2.75) is 70.1 Å². The Morgan fingerprint density at radius 1 is 1.19 bits per heavy atom. The van der Waals surface area contributed by atoms with Gasteiger partial charge in [0.2, 0.25) is 5.16 Å². The molecule has 11 nitrogen and oxygen atoms in total. The lowest BCUT2D eigenvalue weighted by atomic mass is 10.2. The number of hydrogen-bond donors (Lipinski definition) is 1. The SMILES string of the molecule is CC(C)NS(=O)(=O)c1nc2c(c(=O)n(CCCOC3CCCCO3)c(=O)n2C)n1Cc1ccc(Cl)cc1. The van der Waals surface area contributed by atoms with Crippen LogP contribution in [0.2, 0.25) is 5.02 Å². The van der Waals surface area contributed by atoms with E-state index in [9.17, 15) is 18.0 Å². The molecule has 2 aromatic heterocycles. The van der Waals surface area contributed by atoms with Crippen molar-refractivity contribution in [2.75, 3.05) is 13.2 Å². The van der Waals surface area contributed by atoms with E-state index in [-0.39, 0.29) is 35.7 Å². The van der Waals surface area contributed by atoms with Crippen LogP contribution in [0.25, 0.3) is 11.2 Å². The van der Waals surface area contributed by atoms with Crippen molar-refractivity contribution in [2.24, 2.45) is 7.05 Å². The number of nitrogens with zero attached hydrogens (tertiary/aromatic N) is 4. The summed E-state index contributed by atoms with van der Waals surface area (Å²) in [6, 6.07) is 6.45. The molecule has 1 N–H and O–H groups in total. The fourth-order valence-electron chi connectivity index (χ4n) is 4.32. The average Bonchev–Trinajstić information content (AvgIpc) is 3.24. The number of imidazole rings is 1. The molecule has 1 aliphatic heterocycles. The van der Waals surface area contributed by atoms with Crippen molar-refractivity contribution in [1.29, 1.82) is 0 Å². The zero-order valence-corrected chi connectivity index (χ0v) is 22.7. The number of aryl methyl sites for hydroxylation is 1. The number of ether oxygens (including phenoxy) is 2. The summed E-state index contributed by atoms with van der Waals surface area (Å²) in [7, 11) is -2.62. The molecule has 3 aromatic rings. The van der Waals surface area contributed by atoms with Gasteiger partial charge in [0.1, 0.15) is 0 Å². The summed E-state index contributed by atoms with van der Waals surface area (Å²) < 4.78 is 43.8. The standard InChI is InChI=1S/C24H32ClN5O6S/c1-16(2)27-37(33,34)23-26-21-20(30(23)15-17-8-10-18(25)11-9-17)22(31)29(24(32)28(21)3)12-6-14-36-19-7-4-5-13-35-19/h8-11,16,19,27H,4-7,12-15H2,1-3H3. The third kappa shape index (κ3) is 6.15. The summed E-state index contributed by atoms with van der Waals surface area (Å²) in [4.78, 5) is 31.0. The van der Waals surface area contributed by atoms with Gasteiger partial charge in [-0.3, -0.25) is 13.9 Å². The summed E-state index contributed by atoms with van der Waals surface area (Å²) in [5.41, 5.74) is -0.456. The van der Waals surface area contributed by atoms with Crippen LogP contribution in [0.3, 0.4) is 0 Å². The number of hydrogen-bond acceptors (Lipinski definition) is 7. The second-order valence-electron chi connectivity index (χ2n) is 9.37. The maximum Gasteiger partial charge on any atom is 0.332 e. The van der Waals surface area contributed by atoms with Crippen LogP contribution in [0.5, 0.6) is 0 Å². The van der Waals surface area contributed by atoms with Crippen molar-refractivity contribution in [3.8, 4) is 0 Å². The van der Waals surface area contributed by atoms with Crippen LogP contribution in [0, 0.1) is 0 Å². The van der Waals surface area contributed by atoms with E-state index in [1.54, 1.807) is 38.1 Å². The van der Waals surface area contributed by atoms with E-state index in [2.05, 4.69) is 9.71 Å². The van der Waals surface area contributed by atoms with Crippen molar-refractivity contribution >= 4 is 32.8 Å². The maximum absolute atomic E-state index is 13.6. The Morgan fingerprint density at radius 3 is 2.57 bits per heavy atom. The van der Waals surface area contributed by atoms with E-state index in [1.807, 2.05) is 0 Å². The van der Waals surface area contributed by atoms with Gasteiger partial charge in [0.05, 0.1) is 13.2 Å². The number of sulfonamides is 1. The van der Waals surface area contributed by atoms with Gasteiger partial charge in [-0.05, 0) is 57.2 Å². The Hall–Kier alpha value is -2.51. The highest BCUT2D eigenvalue weighted by Crippen LogP contribution is 2.20. The van der Waals surface area contributed by atoms with Crippen LogP contribution in [0.4, 0.5) is 0 Å². The minimum absolute atomic E-state index is 0.00352. The smallest absolute Gasteiger partial charge is 0.332 e. The molecule has 1 aromatic carbocycles. The predicted octanol–water partition coefficient (Wildman–Crippen LogP) is 2.22. The van der Waals surface area contributed by atoms with Crippen molar-refractivity contribution in [3.63, 3.8) is 0 Å². The number of halogens is 1. The molecule has 1 atom stereocenters. The van der Waals surface area contributed by atoms with Gasteiger partial charge < -0.3 is 14.0 Å². The highest BCUT2D eigenvalue weighted by molar-refractivity contribution is 7.89. The topological polar surface area (TPSA) is 126 Å². The van der Waals surface area contributed by atoms with Gasteiger partial charge in [0.15, 0.2) is 17.5 Å². The van der Waals surface area contributed by atoms with Crippen LogP contribution < -0.4 is 16.0 Å². The molecule has 1 unspecified atom stereocenters. The molecular formula is C24H32ClN5O6S. The van der Waals surface area contributed by atoms with E-state index >= 15 is 0 Å². The van der Waals surface area contributed by atoms with Crippen molar-refractivity contribution in [3.05, 3.63) is 55.7 Å². The molecule has 0 bridgehead atoms. The maximum atomic E-state index is 13.6. The average molecular weight is 554 g/mol. The first-order chi connectivity index (χ1) is 17.6. The number of nitrogens with one attached hydrogen (secondary N) is 1. The molecule has 13 heteroatoms. The minimum atomic E-state index is -4.09. The van der Waals surface area contributed by atoms with Crippen LogP contribution in [0.15, 0.2) is 39.0 Å². The van der Waals surface area contributed by atoms with Crippen LogP contribution >= 0.6 is 11.6 Å². The number of rotatable bonds is 10.